The predicted octanol–water partition coefficient (Wildman–Crippen LogP) is 1.37. The van der Waals surface area contributed by atoms with Gasteiger partial charge in [0.2, 0.25) is 0 Å². The average molecular weight is 297 g/mol. The molecule has 1 heterocycles. The number of aliphatic carboxylic acids is 1. The van der Waals surface area contributed by atoms with Crippen LogP contribution in [0.2, 0.25) is 0 Å². The highest BCUT2D eigenvalue weighted by molar-refractivity contribution is 5.73. The predicted molar refractivity (Wildman–Crippen MR) is 80.2 cm³/mol. The second-order valence-electron chi connectivity index (χ2n) is 6.50. The molecule has 1 aliphatic heterocycles. The molecule has 2 atom stereocenters. The van der Waals surface area contributed by atoms with E-state index in [1.165, 1.54) is 0 Å². The van der Waals surface area contributed by atoms with Crippen LogP contribution in [0.25, 0.3) is 0 Å². The fourth-order valence-corrected chi connectivity index (χ4v) is 3.42. The van der Waals surface area contributed by atoms with Crippen molar-refractivity contribution >= 4 is 12.0 Å². The minimum atomic E-state index is -0.659. The summed E-state index contributed by atoms with van der Waals surface area (Å²) in [6.07, 6.45) is 5.52. The summed E-state index contributed by atoms with van der Waals surface area (Å²) in [6, 6.07) is 0.812. The Balaban J connectivity index is 1.76. The molecule has 120 valence electrons. The molecule has 0 spiro atoms. The second-order valence-corrected chi connectivity index (χ2v) is 6.50. The number of hydrogen-bond acceptors (Lipinski definition) is 3. The number of carboxylic acids is 1. The molecule has 21 heavy (non-hydrogen) atoms. The van der Waals surface area contributed by atoms with Gasteiger partial charge in [0.25, 0.3) is 0 Å². The topological polar surface area (TPSA) is 72.9 Å². The van der Waals surface area contributed by atoms with Crippen LogP contribution in [-0.2, 0) is 4.79 Å². The number of urea groups is 1. The van der Waals surface area contributed by atoms with Crippen molar-refractivity contribution in [1.82, 2.24) is 15.1 Å². The minimum absolute atomic E-state index is 0.0806. The maximum absolute atomic E-state index is 11.9. The average Bonchev–Trinajstić information content (AvgIpc) is 2.47. The molecule has 0 aromatic carbocycles. The van der Waals surface area contributed by atoms with E-state index < -0.39 is 5.97 Å². The lowest BCUT2D eigenvalue weighted by Gasteiger charge is -2.37. The first-order chi connectivity index (χ1) is 9.97. The monoisotopic (exact) mass is 297 g/mol. The number of carbonyl (C=O) groups is 2. The van der Waals surface area contributed by atoms with Gasteiger partial charge in [-0.05, 0) is 32.1 Å². The molecule has 0 radical (unpaired) electrons. The molecular weight excluding hydrogens is 270 g/mol. The first-order valence-corrected chi connectivity index (χ1v) is 7.92. The van der Waals surface area contributed by atoms with Gasteiger partial charge in [0.1, 0.15) is 0 Å². The highest BCUT2D eigenvalue weighted by Crippen LogP contribution is 2.25. The Bertz CT molecular complexity index is 378. The Labute approximate surface area is 126 Å². The van der Waals surface area contributed by atoms with Gasteiger partial charge in [0.05, 0.1) is 5.92 Å². The van der Waals surface area contributed by atoms with Gasteiger partial charge in [-0.3, -0.25) is 4.79 Å². The van der Waals surface area contributed by atoms with E-state index in [-0.39, 0.29) is 11.9 Å². The number of hydrogen-bond donors (Lipinski definition) is 2. The van der Waals surface area contributed by atoms with Crippen molar-refractivity contribution in [1.29, 1.82) is 0 Å². The summed E-state index contributed by atoms with van der Waals surface area (Å²) >= 11 is 0. The number of rotatable bonds is 3. The van der Waals surface area contributed by atoms with Crippen molar-refractivity contribution in [2.45, 2.75) is 50.6 Å². The molecule has 1 saturated carbocycles. The van der Waals surface area contributed by atoms with Gasteiger partial charge in [-0.1, -0.05) is 6.42 Å². The molecule has 6 nitrogen and oxygen atoms in total. The molecule has 1 aliphatic carbocycles. The second kappa shape index (κ2) is 7.11. The molecule has 2 fully saturated rings. The summed E-state index contributed by atoms with van der Waals surface area (Å²) in [5.41, 5.74) is 0. The lowest BCUT2D eigenvalue weighted by atomic mass is 9.85. The van der Waals surface area contributed by atoms with Gasteiger partial charge in [-0.25, -0.2) is 4.79 Å². The molecule has 2 N–H and O–H groups in total. The molecule has 1 saturated heterocycles. The Morgan fingerprint density at radius 2 is 1.76 bits per heavy atom. The zero-order valence-electron chi connectivity index (χ0n) is 13.0. The summed E-state index contributed by atoms with van der Waals surface area (Å²) in [5, 5.41) is 12.7. The SMILES string of the molecule is CN(C)C(=O)N1CCC(NC2CCCC(C(=O)O)C2)CC1. The van der Waals surface area contributed by atoms with Crippen LogP contribution in [0, 0.1) is 5.92 Å². The number of nitrogens with one attached hydrogen (secondary N) is 1. The fourth-order valence-electron chi connectivity index (χ4n) is 3.42. The Kier molecular flexibility index (Phi) is 5.45. The highest BCUT2D eigenvalue weighted by atomic mass is 16.4. The third kappa shape index (κ3) is 4.33. The minimum Gasteiger partial charge on any atom is -0.481 e. The van der Waals surface area contributed by atoms with Gasteiger partial charge in [-0.15, -0.1) is 0 Å². The van der Waals surface area contributed by atoms with Crippen molar-refractivity contribution in [2.75, 3.05) is 27.2 Å². The van der Waals surface area contributed by atoms with Crippen LogP contribution in [0.3, 0.4) is 0 Å². The van der Waals surface area contributed by atoms with Crippen LogP contribution in [0.4, 0.5) is 4.79 Å². The largest absolute Gasteiger partial charge is 0.481 e. The first kappa shape index (κ1) is 16.1. The molecule has 2 unspecified atom stereocenters. The van der Waals surface area contributed by atoms with Gasteiger partial charge >= 0.3 is 12.0 Å². The summed E-state index contributed by atoms with van der Waals surface area (Å²) in [4.78, 5) is 26.5. The molecule has 2 rings (SSSR count). The van der Waals surface area contributed by atoms with Gasteiger partial charge in [-0.2, -0.15) is 0 Å². The maximum atomic E-state index is 11.9. The van der Waals surface area contributed by atoms with E-state index in [1.807, 2.05) is 4.90 Å². The molecule has 6 heteroatoms. The van der Waals surface area contributed by atoms with Gasteiger partial charge in [0.15, 0.2) is 0 Å². The number of carboxylic acid groups (broad SMARTS) is 1. The van der Waals surface area contributed by atoms with E-state index in [1.54, 1.807) is 19.0 Å². The smallest absolute Gasteiger partial charge is 0.319 e. The number of piperidine rings is 1. The van der Waals surface area contributed by atoms with E-state index >= 15 is 0 Å². The molecule has 2 aliphatic rings. The molecule has 0 bridgehead atoms. The highest BCUT2D eigenvalue weighted by Gasteiger charge is 2.30. The lowest BCUT2D eigenvalue weighted by molar-refractivity contribution is -0.143. The molecule has 0 aromatic rings. The lowest BCUT2D eigenvalue weighted by Crippen LogP contribution is -2.50. The Morgan fingerprint density at radius 3 is 2.33 bits per heavy atom. The molecule has 2 amide bonds. The number of nitrogens with zero attached hydrogens (tertiary/aromatic N) is 2. The fraction of sp³-hybridized carbons (Fsp3) is 0.867. The standard InChI is InChI=1S/C15H27N3O3/c1-17(2)15(21)18-8-6-12(7-9-18)16-13-5-3-4-11(10-13)14(19)20/h11-13,16H,3-10H2,1-2H3,(H,19,20). The van der Waals surface area contributed by atoms with E-state index in [4.69, 9.17) is 5.11 Å². The van der Waals surface area contributed by atoms with Gasteiger partial charge < -0.3 is 20.2 Å². The van der Waals surface area contributed by atoms with Crippen LogP contribution in [0.1, 0.15) is 38.5 Å². The number of likely N-dealkylation sites (tertiary alicyclic amines) is 1. The van der Waals surface area contributed by atoms with Gasteiger partial charge in [0, 0.05) is 39.3 Å². The maximum Gasteiger partial charge on any atom is 0.319 e. The summed E-state index contributed by atoms with van der Waals surface area (Å²) in [5.74, 6) is -0.848. The zero-order chi connectivity index (χ0) is 15.4. The van der Waals surface area contributed by atoms with Crippen LogP contribution < -0.4 is 5.32 Å². The van der Waals surface area contributed by atoms with E-state index in [9.17, 15) is 9.59 Å². The van der Waals surface area contributed by atoms with E-state index in [2.05, 4.69) is 5.32 Å². The van der Waals surface area contributed by atoms with Crippen molar-refractivity contribution < 1.29 is 14.7 Å². The first-order valence-electron chi connectivity index (χ1n) is 7.92. The van der Waals surface area contributed by atoms with Crippen molar-refractivity contribution in [3.8, 4) is 0 Å². The van der Waals surface area contributed by atoms with Crippen LogP contribution in [-0.4, -0.2) is 66.2 Å². The third-order valence-corrected chi connectivity index (χ3v) is 4.64. The zero-order valence-corrected chi connectivity index (χ0v) is 13.0. The Hall–Kier alpha value is -1.30. The molecular formula is C15H27N3O3. The van der Waals surface area contributed by atoms with E-state index in [0.29, 0.717) is 12.1 Å². The van der Waals surface area contributed by atoms with Crippen molar-refractivity contribution in [3.63, 3.8) is 0 Å². The quantitative estimate of drug-likeness (QED) is 0.825. The van der Waals surface area contributed by atoms with Crippen LogP contribution in [0.15, 0.2) is 0 Å². The number of amides is 2. The van der Waals surface area contributed by atoms with Crippen molar-refractivity contribution in [3.05, 3.63) is 0 Å². The summed E-state index contributed by atoms with van der Waals surface area (Å²) in [7, 11) is 3.56. The number of carbonyl (C=O) groups excluding carboxylic acids is 1. The summed E-state index contributed by atoms with van der Waals surface area (Å²) in [6.45, 7) is 1.56. The van der Waals surface area contributed by atoms with Crippen LogP contribution >= 0.6 is 0 Å². The normalized spacial score (nSPS) is 27.4. The Morgan fingerprint density at radius 1 is 1.10 bits per heavy atom. The summed E-state index contributed by atoms with van der Waals surface area (Å²) < 4.78 is 0. The molecule has 0 aromatic heterocycles. The van der Waals surface area contributed by atoms with Crippen molar-refractivity contribution in [2.24, 2.45) is 5.92 Å². The third-order valence-electron chi connectivity index (χ3n) is 4.64. The van der Waals surface area contributed by atoms with Crippen LogP contribution in [0.5, 0.6) is 0 Å². The van der Waals surface area contributed by atoms with E-state index in [0.717, 1.165) is 51.6 Å².